The Bertz CT molecular complexity index is 2780. The molecule has 0 N–H and O–H groups in total. The molecule has 1 heterocycles. The van der Waals surface area contributed by atoms with Crippen molar-refractivity contribution in [3.63, 3.8) is 0 Å². The van der Waals surface area contributed by atoms with Gasteiger partial charge in [-0.3, -0.25) is 0 Å². The molecule has 0 amide bonds. The molecule has 0 aliphatic heterocycles. The molecule has 0 unspecified atom stereocenters. The number of benzene rings is 8. The molecule has 9 aromatic rings. The van der Waals surface area contributed by atoms with E-state index in [0.29, 0.717) is 17.5 Å². The van der Waals surface area contributed by atoms with Crippen LogP contribution in [-0.4, -0.2) is 15.0 Å². The Morgan fingerprint density at radius 1 is 0.302 bits per heavy atom. The SMILES string of the molecule is CC1(C)c2ccccc2-c2c(-c3c(-c4ccc(-c5nc(-c6ccccc6)nc(-c6ccccc6)n5)cc4)c4ccccc4c4ccccc34)cccc21. The summed E-state index contributed by atoms with van der Waals surface area (Å²) in [5, 5.41) is 4.98. The Balaban J connectivity index is 1.21. The third-order valence-corrected chi connectivity index (χ3v) is 10.9. The fourth-order valence-electron chi connectivity index (χ4n) is 8.41. The van der Waals surface area contributed by atoms with Gasteiger partial charge in [-0.1, -0.05) is 190 Å². The molecule has 10 rings (SSSR count). The Labute approximate surface area is 309 Å². The standard InChI is InChI=1S/C50H35N3/c1-50(2)42-26-14-13-24-40(42)45-41(25-15-27-43(45)50)46-39-23-12-10-21-37(39)36-20-9-11-22-38(36)44(46)32-28-30-35(31-29-32)49-52-47(33-16-5-3-6-17-33)51-48(53-49)34-18-7-4-8-19-34/h3-31H,1-2H3. The van der Waals surface area contributed by atoms with Crippen LogP contribution in [0.15, 0.2) is 176 Å². The van der Waals surface area contributed by atoms with Crippen LogP contribution in [0.25, 0.3) is 89.1 Å². The third-order valence-electron chi connectivity index (χ3n) is 10.9. The zero-order valence-electron chi connectivity index (χ0n) is 29.6. The van der Waals surface area contributed by atoms with E-state index in [2.05, 4.69) is 129 Å². The van der Waals surface area contributed by atoms with Gasteiger partial charge in [0.05, 0.1) is 0 Å². The maximum absolute atomic E-state index is 5.01. The Morgan fingerprint density at radius 3 is 1.30 bits per heavy atom. The lowest BCUT2D eigenvalue weighted by Crippen LogP contribution is -2.14. The molecule has 3 heteroatoms. The van der Waals surface area contributed by atoms with Gasteiger partial charge in [0.2, 0.25) is 0 Å². The summed E-state index contributed by atoms with van der Waals surface area (Å²) in [6, 6.07) is 62.6. The minimum absolute atomic E-state index is 0.0991. The van der Waals surface area contributed by atoms with Gasteiger partial charge in [-0.05, 0) is 66.1 Å². The lowest BCUT2D eigenvalue weighted by Gasteiger charge is -2.23. The first-order valence-corrected chi connectivity index (χ1v) is 18.2. The van der Waals surface area contributed by atoms with Crippen molar-refractivity contribution >= 4 is 21.5 Å². The second kappa shape index (κ2) is 12.2. The van der Waals surface area contributed by atoms with Crippen molar-refractivity contribution in [1.82, 2.24) is 15.0 Å². The molecular weight excluding hydrogens is 643 g/mol. The summed E-state index contributed by atoms with van der Waals surface area (Å²) in [6.45, 7) is 4.71. The van der Waals surface area contributed by atoms with Crippen molar-refractivity contribution in [2.45, 2.75) is 19.3 Å². The summed E-state index contributed by atoms with van der Waals surface area (Å²) in [6.07, 6.45) is 0. The highest BCUT2D eigenvalue weighted by Crippen LogP contribution is 2.55. The summed E-state index contributed by atoms with van der Waals surface area (Å²) in [5.74, 6) is 1.96. The smallest absolute Gasteiger partial charge is 0.164 e. The van der Waals surface area contributed by atoms with Gasteiger partial charge in [-0.25, -0.2) is 15.0 Å². The van der Waals surface area contributed by atoms with E-state index in [1.807, 2.05) is 60.7 Å². The van der Waals surface area contributed by atoms with E-state index in [-0.39, 0.29) is 5.41 Å². The average Bonchev–Trinajstić information content (AvgIpc) is 3.47. The van der Waals surface area contributed by atoms with E-state index in [0.717, 1.165) is 22.3 Å². The topological polar surface area (TPSA) is 38.7 Å². The Morgan fingerprint density at radius 2 is 0.717 bits per heavy atom. The van der Waals surface area contributed by atoms with Gasteiger partial charge < -0.3 is 0 Å². The van der Waals surface area contributed by atoms with Crippen LogP contribution in [0.3, 0.4) is 0 Å². The molecule has 0 atom stereocenters. The molecular formula is C50H35N3. The minimum Gasteiger partial charge on any atom is -0.208 e. The van der Waals surface area contributed by atoms with Crippen molar-refractivity contribution in [2.24, 2.45) is 0 Å². The van der Waals surface area contributed by atoms with Crippen LogP contribution in [-0.2, 0) is 5.41 Å². The van der Waals surface area contributed by atoms with E-state index < -0.39 is 0 Å². The second-order valence-electron chi connectivity index (χ2n) is 14.4. The second-order valence-corrected chi connectivity index (χ2v) is 14.4. The van der Waals surface area contributed by atoms with Gasteiger partial charge in [0.15, 0.2) is 17.5 Å². The Kier molecular flexibility index (Phi) is 7.16. The molecule has 1 aliphatic carbocycles. The first-order valence-electron chi connectivity index (χ1n) is 18.2. The van der Waals surface area contributed by atoms with E-state index >= 15 is 0 Å². The zero-order valence-corrected chi connectivity index (χ0v) is 29.6. The van der Waals surface area contributed by atoms with Gasteiger partial charge >= 0.3 is 0 Å². The molecule has 0 radical (unpaired) electrons. The van der Waals surface area contributed by atoms with Crippen molar-refractivity contribution in [2.75, 3.05) is 0 Å². The Hall–Kier alpha value is -6.71. The minimum atomic E-state index is -0.0991. The van der Waals surface area contributed by atoms with Crippen molar-refractivity contribution in [1.29, 1.82) is 0 Å². The van der Waals surface area contributed by atoms with E-state index in [1.165, 1.54) is 60.5 Å². The maximum Gasteiger partial charge on any atom is 0.164 e. The molecule has 53 heavy (non-hydrogen) atoms. The molecule has 1 aliphatic rings. The van der Waals surface area contributed by atoms with Gasteiger partial charge in [-0.15, -0.1) is 0 Å². The van der Waals surface area contributed by atoms with E-state index in [9.17, 15) is 0 Å². The maximum atomic E-state index is 5.01. The number of hydrogen-bond acceptors (Lipinski definition) is 3. The van der Waals surface area contributed by atoms with Crippen LogP contribution < -0.4 is 0 Å². The molecule has 1 aromatic heterocycles. The van der Waals surface area contributed by atoms with Crippen molar-refractivity contribution in [3.05, 3.63) is 187 Å². The van der Waals surface area contributed by atoms with Gasteiger partial charge in [0.25, 0.3) is 0 Å². The number of nitrogens with zero attached hydrogens (tertiary/aromatic N) is 3. The monoisotopic (exact) mass is 677 g/mol. The van der Waals surface area contributed by atoms with Crippen LogP contribution in [0.4, 0.5) is 0 Å². The molecule has 0 bridgehead atoms. The number of rotatable bonds is 5. The van der Waals surface area contributed by atoms with E-state index in [1.54, 1.807) is 0 Å². The van der Waals surface area contributed by atoms with Crippen LogP contribution >= 0.6 is 0 Å². The summed E-state index contributed by atoms with van der Waals surface area (Å²) in [5.41, 5.74) is 13.0. The van der Waals surface area contributed by atoms with E-state index in [4.69, 9.17) is 15.0 Å². The van der Waals surface area contributed by atoms with Crippen LogP contribution in [0.2, 0.25) is 0 Å². The summed E-state index contributed by atoms with van der Waals surface area (Å²) >= 11 is 0. The first kappa shape index (κ1) is 31.1. The van der Waals surface area contributed by atoms with Gasteiger partial charge in [-0.2, -0.15) is 0 Å². The summed E-state index contributed by atoms with van der Waals surface area (Å²) in [4.78, 5) is 14.9. The largest absolute Gasteiger partial charge is 0.208 e. The van der Waals surface area contributed by atoms with Gasteiger partial charge in [0, 0.05) is 22.1 Å². The molecule has 0 fully saturated rings. The molecule has 0 spiro atoms. The first-order chi connectivity index (χ1) is 26.1. The zero-order chi connectivity index (χ0) is 35.5. The van der Waals surface area contributed by atoms with Crippen LogP contribution in [0, 0.1) is 0 Å². The molecule has 8 aromatic carbocycles. The van der Waals surface area contributed by atoms with Crippen molar-refractivity contribution < 1.29 is 0 Å². The molecule has 0 saturated heterocycles. The quantitative estimate of drug-likeness (QED) is 0.170. The fraction of sp³-hybridized carbons (Fsp3) is 0.0600. The fourth-order valence-corrected chi connectivity index (χ4v) is 8.41. The van der Waals surface area contributed by atoms with Crippen LogP contribution in [0.5, 0.6) is 0 Å². The predicted molar refractivity (Wildman–Crippen MR) is 220 cm³/mol. The number of fused-ring (bicyclic) bond motifs is 6. The normalized spacial score (nSPS) is 12.9. The summed E-state index contributed by atoms with van der Waals surface area (Å²) < 4.78 is 0. The molecule has 0 saturated carbocycles. The molecule has 3 nitrogen and oxygen atoms in total. The summed E-state index contributed by atoms with van der Waals surface area (Å²) in [7, 11) is 0. The predicted octanol–water partition coefficient (Wildman–Crippen LogP) is 12.8. The highest BCUT2D eigenvalue weighted by atomic mass is 15.0. The highest BCUT2D eigenvalue weighted by Gasteiger charge is 2.37. The van der Waals surface area contributed by atoms with Crippen molar-refractivity contribution in [3.8, 4) is 67.5 Å². The van der Waals surface area contributed by atoms with Crippen LogP contribution in [0.1, 0.15) is 25.0 Å². The lowest BCUT2D eigenvalue weighted by molar-refractivity contribution is 0.660. The highest BCUT2D eigenvalue weighted by molar-refractivity contribution is 6.22. The lowest BCUT2D eigenvalue weighted by atomic mass is 9.80. The third kappa shape index (κ3) is 5.00. The number of aromatic nitrogens is 3. The molecule has 250 valence electrons. The average molecular weight is 678 g/mol. The van der Waals surface area contributed by atoms with Gasteiger partial charge in [0.1, 0.15) is 0 Å². The number of hydrogen-bond donors (Lipinski definition) is 0.